The highest BCUT2D eigenvalue weighted by Crippen LogP contribution is 2.24. The minimum atomic E-state index is -0.0577. The standard InChI is InChI=1S/C24H31N7O/c1-4-20(15-32)27-22-13-21(24-29-28-23(16(2)3)31(24)30-22)26-14-17-5-7-18(8-6-17)19-9-11-25-12-10-19/h5-11,13,16,20,25-26,32H,4,12,14-15H2,1-3H3,(H,27,30)/t20-/m0/s1. The number of benzene rings is 1. The molecule has 1 atom stereocenters. The summed E-state index contributed by atoms with van der Waals surface area (Å²) in [6.45, 7) is 7.73. The van der Waals surface area contributed by atoms with Crippen molar-refractivity contribution in [3.63, 3.8) is 0 Å². The summed E-state index contributed by atoms with van der Waals surface area (Å²) >= 11 is 0. The van der Waals surface area contributed by atoms with Crippen LogP contribution in [0.3, 0.4) is 0 Å². The van der Waals surface area contributed by atoms with E-state index in [1.54, 1.807) is 4.52 Å². The zero-order chi connectivity index (χ0) is 22.5. The van der Waals surface area contributed by atoms with Crippen LogP contribution in [-0.4, -0.2) is 44.1 Å². The molecule has 0 spiro atoms. The largest absolute Gasteiger partial charge is 0.394 e. The predicted octanol–water partition coefficient (Wildman–Crippen LogP) is 3.54. The van der Waals surface area contributed by atoms with Gasteiger partial charge in [-0.05, 0) is 35.4 Å². The van der Waals surface area contributed by atoms with Gasteiger partial charge in [0.15, 0.2) is 5.82 Å². The summed E-state index contributed by atoms with van der Waals surface area (Å²) < 4.78 is 1.79. The lowest BCUT2D eigenvalue weighted by Gasteiger charge is -2.17. The smallest absolute Gasteiger partial charge is 0.201 e. The molecular weight excluding hydrogens is 402 g/mol. The molecule has 168 valence electrons. The molecule has 0 saturated heterocycles. The third kappa shape index (κ3) is 4.75. The Morgan fingerprint density at radius 3 is 2.66 bits per heavy atom. The molecule has 4 rings (SSSR count). The van der Waals surface area contributed by atoms with Crippen molar-refractivity contribution in [2.75, 3.05) is 23.8 Å². The molecular formula is C24H31N7O. The highest BCUT2D eigenvalue weighted by atomic mass is 16.3. The summed E-state index contributed by atoms with van der Waals surface area (Å²) in [5.41, 5.74) is 5.15. The van der Waals surface area contributed by atoms with Gasteiger partial charge in [0, 0.05) is 25.1 Å². The lowest BCUT2D eigenvalue weighted by atomic mass is 10.0. The van der Waals surface area contributed by atoms with Gasteiger partial charge in [-0.15, -0.1) is 15.3 Å². The number of nitrogens with one attached hydrogen (secondary N) is 3. The summed E-state index contributed by atoms with van der Waals surface area (Å²) in [6, 6.07) is 10.4. The van der Waals surface area contributed by atoms with Crippen molar-refractivity contribution < 1.29 is 5.11 Å². The Bertz CT molecular complexity index is 1110. The maximum Gasteiger partial charge on any atom is 0.201 e. The molecule has 3 heterocycles. The highest BCUT2D eigenvalue weighted by molar-refractivity contribution is 5.75. The van der Waals surface area contributed by atoms with E-state index in [2.05, 4.69) is 81.5 Å². The van der Waals surface area contributed by atoms with Crippen LogP contribution in [0.25, 0.3) is 11.2 Å². The second-order valence-electron chi connectivity index (χ2n) is 8.28. The highest BCUT2D eigenvalue weighted by Gasteiger charge is 2.16. The van der Waals surface area contributed by atoms with Crippen LogP contribution in [0.4, 0.5) is 11.5 Å². The minimum absolute atomic E-state index is 0.0478. The predicted molar refractivity (Wildman–Crippen MR) is 129 cm³/mol. The molecule has 4 N–H and O–H groups in total. The summed E-state index contributed by atoms with van der Waals surface area (Å²) in [5, 5.41) is 33.0. The number of anilines is 2. The van der Waals surface area contributed by atoms with Gasteiger partial charge in [-0.2, -0.15) is 4.52 Å². The van der Waals surface area contributed by atoms with Crippen LogP contribution in [0.15, 0.2) is 48.7 Å². The maximum atomic E-state index is 9.59. The first-order valence-electron chi connectivity index (χ1n) is 11.2. The van der Waals surface area contributed by atoms with E-state index in [1.165, 1.54) is 16.7 Å². The Balaban J connectivity index is 1.57. The second kappa shape index (κ2) is 9.82. The molecule has 3 aromatic rings. The van der Waals surface area contributed by atoms with Gasteiger partial charge in [-0.1, -0.05) is 51.1 Å². The van der Waals surface area contributed by atoms with Gasteiger partial charge >= 0.3 is 0 Å². The van der Waals surface area contributed by atoms with Crippen molar-refractivity contribution in [2.24, 2.45) is 0 Å². The Kier molecular flexibility index (Phi) is 6.70. The molecule has 0 fully saturated rings. The molecule has 1 aliphatic heterocycles. The number of rotatable bonds is 9. The number of aliphatic hydroxyl groups is 1. The van der Waals surface area contributed by atoms with E-state index in [9.17, 15) is 5.11 Å². The summed E-state index contributed by atoms with van der Waals surface area (Å²) in [7, 11) is 0. The molecule has 8 heteroatoms. The fraction of sp³-hybridized carbons (Fsp3) is 0.375. The quantitative estimate of drug-likeness (QED) is 0.410. The molecule has 0 unspecified atom stereocenters. The number of aromatic nitrogens is 4. The fourth-order valence-corrected chi connectivity index (χ4v) is 3.62. The summed E-state index contributed by atoms with van der Waals surface area (Å²) in [5.74, 6) is 1.67. The van der Waals surface area contributed by atoms with Crippen molar-refractivity contribution >= 4 is 22.7 Å². The number of aliphatic hydroxyl groups excluding tert-OH is 1. The van der Waals surface area contributed by atoms with Gasteiger partial charge in [-0.3, -0.25) is 0 Å². The van der Waals surface area contributed by atoms with E-state index < -0.39 is 0 Å². The average Bonchev–Trinajstić information content (AvgIpc) is 3.26. The van der Waals surface area contributed by atoms with Crippen LogP contribution in [0.1, 0.15) is 50.1 Å². The van der Waals surface area contributed by atoms with E-state index in [1.807, 2.05) is 19.2 Å². The van der Waals surface area contributed by atoms with Crippen LogP contribution in [0.5, 0.6) is 0 Å². The van der Waals surface area contributed by atoms with E-state index in [-0.39, 0.29) is 18.6 Å². The van der Waals surface area contributed by atoms with Crippen molar-refractivity contribution in [3.8, 4) is 0 Å². The molecule has 2 aromatic heterocycles. The Hall–Kier alpha value is -3.39. The maximum absolute atomic E-state index is 9.59. The lowest BCUT2D eigenvalue weighted by molar-refractivity contribution is 0.271. The van der Waals surface area contributed by atoms with E-state index >= 15 is 0 Å². The van der Waals surface area contributed by atoms with E-state index in [0.717, 1.165) is 24.5 Å². The first-order chi connectivity index (χ1) is 15.6. The van der Waals surface area contributed by atoms with Crippen molar-refractivity contribution in [3.05, 3.63) is 65.6 Å². The van der Waals surface area contributed by atoms with Crippen LogP contribution in [0, 0.1) is 0 Å². The Labute approximate surface area is 188 Å². The molecule has 8 nitrogen and oxygen atoms in total. The number of allylic oxidation sites excluding steroid dienone is 2. The van der Waals surface area contributed by atoms with Crippen LogP contribution in [0.2, 0.25) is 0 Å². The number of hydrogen-bond acceptors (Lipinski definition) is 7. The van der Waals surface area contributed by atoms with Gasteiger partial charge < -0.3 is 21.1 Å². The van der Waals surface area contributed by atoms with Crippen molar-refractivity contribution in [1.82, 2.24) is 25.1 Å². The van der Waals surface area contributed by atoms with Gasteiger partial charge in [0.25, 0.3) is 0 Å². The molecule has 1 aromatic carbocycles. The van der Waals surface area contributed by atoms with Gasteiger partial charge in [0.05, 0.1) is 18.3 Å². The van der Waals surface area contributed by atoms with Crippen molar-refractivity contribution in [2.45, 2.75) is 45.7 Å². The number of hydrogen-bond donors (Lipinski definition) is 4. The summed E-state index contributed by atoms with van der Waals surface area (Å²) in [6.07, 6.45) is 7.05. The topological polar surface area (TPSA) is 99.4 Å². The minimum Gasteiger partial charge on any atom is -0.394 e. The van der Waals surface area contributed by atoms with Crippen LogP contribution < -0.4 is 16.0 Å². The Morgan fingerprint density at radius 1 is 1.19 bits per heavy atom. The first-order valence-corrected chi connectivity index (χ1v) is 11.2. The molecule has 0 radical (unpaired) electrons. The molecule has 1 aliphatic rings. The summed E-state index contributed by atoms with van der Waals surface area (Å²) in [4.78, 5) is 0. The zero-order valence-corrected chi connectivity index (χ0v) is 18.8. The van der Waals surface area contributed by atoms with E-state index in [0.29, 0.717) is 18.0 Å². The average molecular weight is 434 g/mol. The van der Waals surface area contributed by atoms with Crippen LogP contribution in [-0.2, 0) is 6.54 Å². The van der Waals surface area contributed by atoms with E-state index in [4.69, 9.17) is 0 Å². The third-order valence-corrected chi connectivity index (χ3v) is 5.57. The fourth-order valence-electron chi connectivity index (χ4n) is 3.62. The monoisotopic (exact) mass is 433 g/mol. The van der Waals surface area contributed by atoms with Gasteiger partial charge in [0.1, 0.15) is 5.82 Å². The van der Waals surface area contributed by atoms with Crippen molar-refractivity contribution in [1.29, 1.82) is 0 Å². The molecule has 0 saturated carbocycles. The lowest BCUT2D eigenvalue weighted by Crippen LogP contribution is -2.24. The second-order valence-corrected chi connectivity index (χ2v) is 8.28. The SMILES string of the molecule is CC[C@@H](CO)Nc1cc(NCc2ccc(C3=CCNC=C3)cc2)c2nnc(C(C)C)n2n1. The van der Waals surface area contributed by atoms with Gasteiger partial charge in [-0.25, -0.2) is 0 Å². The first kappa shape index (κ1) is 21.8. The zero-order valence-electron chi connectivity index (χ0n) is 18.8. The third-order valence-electron chi connectivity index (χ3n) is 5.57. The molecule has 0 bridgehead atoms. The number of dihydropyridines is 1. The number of fused-ring (bicyclic) bond motifs is 1. The molecule has 32 heavy (non-hydrogen) atoms. The van der Waals surface area contributed by atoms with Crippen LogP contribution >= 0.6 is 0 Å². The normalized spacial score (nSPS) is 14.3. The molecule has 0 aliphatic carbocycles. The molecule has 0 amide bonds. The van der Waals surface area contributed by atoms with Gasteiger partial charge in [0.2, 0.25) is 5.65 Å². The number of nitrogens with zero attached hydrogens (tertiary/aromatic N) is 4. The Morgan fingerprint density at radius 2 is 2.00 bits per heavy atom.